The maximum Gasteiger partial charge on any atom is 0.430 e. The molecule has 2 atom stereocenters. The first-order chi connectivity index (χ1) is 19.5. The summed E-state index contributed by atoms with van der Waals surface area (Å²) in [6.45, 7) is 3.20. The number of anilines is 1. The molecule has 0 N–H and O–H groups in total. The number of halogens is 3. The molecule has 3 aliphatic heterocycles. The number of carbonyl (C=O) groups is 3. The lowest BCUT2D eigenvalue weighted by atomic mass is 9.83. The van der Waals surface area contributed by atoms with Crippen LogP contribution < -0.4 is 10.0 Å². The van der Waals surface area contributed by atoms with Crippen LogP contribution in [0.4, 0.5) is 18.9 Å². The summed E-state index contributed by atoms with van der Waals surface area (Å²) in [5, 5.41) is 10.7. The number of likely N-dealkylation sites (N-methyl/N-ethyl adjacent to an activating group) is 1. The first kappa shape index (κ1) is 30.3. The van der Waals surface area contributed by atoms with Crippen LogP contribution in [0.1, 0.15) is 34.1 Å². The number of hydrogen-bond acceptors (Lipinski definition) is 7. The van der Waals surface area contributed by atoms with Gasteiger partial charge in [-0.25, -0.2) is 4.79 Å². The zero-order valence-electron chi connectivity index (χ0n) is 22.5. The zero-order valence-corrected chi connectivity index (χ0v) is 23.3. The zero-order chi connectivity index (χ0) is 29.6. The summed E-state index contributed by atoms with van der Waals surface area (Å²) >= 11 is 1.51. The van der Waals surface area contributed by atoms with Crippen LogP contribution in [0.15, 0.2) is 78.2 Å². The van der Waals surface area contributed by atoms with Crippen molar-refractivity contribution in [1.29, 1.82) is 0 Å². The number of thiophene rings is 1. The molecule has 3 fully saturated rings. The lowest BCUT2D eigenvalue weighted by Gasteiger charge is -2.51. The van der Waals surface area contributed by atoms with Gasteiger partial charge in [0.2, 0.25) is 5.78 Å². The van der Waals surface area contributed by atoms with E-state index in [1.807, 2.05) is 90.1 Å². The van der Waals surface area contributed by atoms with Crippen LogP contribution >= 0.6 is 11.3 Å². The molecule has 6 rings (SSSR count). The number of carbonyl (C=O) groups excluding carboxylic acids is 3. The number of carboxylic acid groups (broad SMARTS) is 1. The minimum Gasteiger partial charge on any atom is -0.542 e. The van der Waals surface area contributed by atoms with Gasteiger partial charge in [-0.05, 0) is 29.1 Å². The van der Waals surface area contributed by atoms with E-state index in [9.17, 15) is 22.8 Å². The largest absolute Gasteiger partial charge is 0.542 e. The molecule has 218 valence electrons. The predicted octanol–water partition coefficient (Wildman–Crippen LogP) is 4.26. The number of Topliss-reactive ketones (excluding diaryl/α,β-unsaturated/α-hetero) is 1. The monoisotopic (exact) mass is 588 g/mol. The van der Waals surface area contributed by atoms with E-state index >= 15 is 0 Å². The van der Waals surface area contributed by atoms with Crippen molar-refractivity contribution >= 4 is 34.7 Å². The van der Waals surface area contributed by atoms with Crippen LogP contribution in [0.2, 0.25) is 0 Å². The highest BCUT2D eigenvalue weighted by Gasteiger charge is 2.49. The molecule has 2 unspecified atom stereocenters. The molecule has 2 aromatic carbocycles. The Morgan fingerprint density at radius 1 is 1.00 bits per heavy atom. The van der Waals surface area contributed by atoms with Gasteiger partial charge in [-0.2, -0.15) is 13.2 Å². The third kappa shape index (κ3) is 7.53. The van der Waals surface area contributed by atoms with Crippen LogP contribution in [0.3, 0.4) is 0 Å². The van der Waals surface area contributed by atoms with E-state index in [1.54, 1.807) is 0 Å². The number of para-hydroxylation sites is 1. The summed E-state index contributed by atoms with van der Waals surface area (Å²) in [7, 11) is 1.94. The number of alkyl halides is 3. The third-order valence-corrected chi connectivity index (χ3v) is 8.62. The molecule has 0 spiro atoms. The van der Waals surface area contributed by atoms with Crippen molar-refractivity contribution in [2.45, 2.75) is 31.2 Å². The SMILES string of the molecule is CN(c1ccccc1)C(C(=O)OC1C[N+]2(CC(=O)c3cccs3)CCC1CC2)c1ccccc1.O=C([O-])C(F)(F)F. The van der Waals surface area contributed by atoms with E-state index in [0.717, 1.165) is 53.1 Å². The van der Waals surface area contributed by atoms with Crippen molar-refractivity contribution in [1.82, 2.24) is 0 Å². The number of esters is 1. The van der Waals surface area contributed by atoms with Crippen LogP contribution in [0.5, 0.6) is 0 Å². The fourth-order valence-corrected chi connectivity index (χ4v) is 6.23. The first-order valence-corrected chi connectivity index (χ1v) is 14.1. The summed E-state index contributed by atoms with van der Waals surface area (Å²) in [5.74, 6) is -2.66. The van der Waals surface area contributed by atoms with Gasteiger partial charge in [0.1, 0.15) is 19.1 Å². The van der Waals surface area contributed by atoms with Gasteiger partial charge >= 0.3 is 12.1 Å². The number of hydrogen-bond donors (Lipinski definition) is 0. The van der Waals surface area contributed by atoms with E-state index in [0.29, 0.717) is 12.5 Å². The number of ether oxygens (including phenoxy) is 1. The molecule has 11 heteroatoms. The summed E-state index contributed by atoms with van der Waals surface area (Å²) in [5.41, 5.74) is 1.88. The molecular weight excluding hydrogens is 557 g/mol. The molecule has 41 heavy (non-hydrogen) atoms. The third-order valence-electron chi connectivity index (χ3n) is 7.70. The first-order valence-electron chi connectivity index (χ1n) is 13.2. The Bertz CT molecular complexity index is 1310. The van der Waals surface area contributed by atoms with E-state index in [2.05, 4.69) is 0 Å². The molecule has 3 saturated heterocycles. The molecule has 3 aliphatic rings. The molecule has 3 aromatic rings. The molecule has 0 aliphatic carbocycles. The van der Waals surface area contributed by atoms with Gasteiger partial charge in [-0.3, -0.25) is 4.79 Å². The Hall–Kier alpha value is -3.70. The minimum absolute atomic E-state index is 0.151. The standard InChI is InChI=1S/C28H31N2O3S.C2HF3O2/c1-29(23-11-6-3-7-12-23)27(22-9-4-2-5-10-22)28(32)33-25-20-30(16-14-21(25)15-17-30)19-24(31)26-13-8-18-34-26;3-2(4,5)1(6)7/h2-13,18,21,25,27H,14-17,19-20H2,1H3;(H,6,7)/q+1;/p-1. The van der Waals surface area contributed by atoms with Gasteiger partial charge < -0.3 is 24.0 Å². The summed E-state index contributed by atoms with van der Waals surface area (Å²) in [6.07, 6.45) is -3.35. The van der Waals surface area contributed by atoms with E-state index < -0.39 is 18.2 Å². The average molecular weight is 589 g/mol. The van der Waals surface area contributed by atoms with Gasteiger partial charge in [-0.15, -0.1) is 11.3 Å². The predicted molar refractivity (Wildman–Crippen MR) is 146 cm³/mol. The van der Waals surface area contributed by atoms with Gasteiger partial charge in [-0.1, -0.05) is 54.6 Å². The van der Waals surface area contributed by atoms with Crippen molar-refractivity contribution in [2.24, 2.45) is 5.92 Å². The number of quaternary nitrogens is 1. The van der Waals surface area contributed by atoms with Crippen LogP contribution in [0, 0.1) is 5.92 Å². The van der Waals surface area contributed by atoms with Crippen LogP contribution in [-0.2, 0) is 14.3 Å². The van der Waals surface area contributed by atoms with Crippen molar-refractivity contribution < 1.29 is 41.9 Å². The molecule has 2 bridgehead atoms. The summed E-state index contributed by atoms with van der Waals surface area (Å²) in [4.78, 5) is 38.2. The maximum atomic E-state index is 13.7. The van der Waals surface area contributed by atoms with Crippen molar-refractivity contribution in [3.8, 4) is 0 Å². The van der Waals surface area contributed by atoms with Gasteiger partial charge in [0, 0.05) is 31.5 Å². The quantitative estimate of drug-likeness (QED) is 0.222. The van der Waals surface area contributed by atoms with Crippen molar-refractivity contribution in [2.75, 3.05) is 38.1 Å². The van der Waals surface area contributed by atoms with Gasteiger partial charge in [0.05, 0.1) is 18.0 Å². The van der Waals surface area contributed by atoms with Crippen molar-refractivity contribution in [3.05, 3.63) is 88.6 Å². The lowest BCUT2D eigenvalue weighted by Crippen LogP contribution is -2.65. The number of nitrogens with zero attached hydrogens (tertiary/aromatic N) is 2. The van der Waals surface area contributed by atoms with E-state index in [4.69, 9.17) is 14.6 Å². The normalized spacial score (nSPS) is 22.1. The second kappa shape index (κ2) is 12.9. The molecule has 1 aromatic heterocycles. The molecule has 4 heterocycles. The number of rotatable bonds is 8. The summed E-state index contributed by atoms with van der Waals surface area (Å²) in [6, 6.07) is 23.1. The average Bonchev–Trinajstić information content (AvgIpc) is 3.50. The summed E-state index contributed by atoms with van der Waals surface area (Å²) < 4.78 is 38.6. The molecule has 0 saturated carbocycles. The topological polar surface area (TPSA) is 86.7 Å². The maximum absolute atomic E-state index is 13.7. The number of fused-ring (bicyclic) bond motifs is 3. The molecular formula is C30H31F3N2O5S. The highest BCUT2D eigenvalue weighted by atomic mass is 32.1. The number of piperidine rings is 3. The van der Waals surface area contributed by atoms with E-state index in [1.165, 1.54) is 11.3 Å². The van der Waals surface area contributed by atoms with Crippen LogP contribution in [-0.4, -0.2) is 67.7 Å². The fraction of sp³-hybridized carbons (Fsp3) is 0.367. The second-order valence-corrected chi connectivity index (χ2v) is 11.3. The van der Waals surface area contributed by atoms with Crippen LogP contribution in [0.25, 0.3) is 0 Å². The number of carboxylic acids is 1. The second-order valence-electron chi connectivity index (χ2n) is 10.4. The molecule has 0 radical (unpaired) electrons. The van der Waals surface area contributed by atoms with Crippen molar-refractivity contribution in [3.63, 3.8) is 0 Å². The fourth-order valence-electron chi connectivity index (χ4n) is 5.58. The Morgan fingerprint density at radius 3 is 2.12 bits per heavy atom. The number of aliphatic carboxylic acids is 1. The minimum atomic E-state index is -5.19. The van der Waals surface area contributed by atoms with Gasteiger partial charge in [0.15, 0.2) is 12.1 Å². The number of benzene rings is 2. The Kier molecular flexibility index (Phi) is 9.49. The van der Waals surface area contributed by atoms with E-state index in [-0.39, 0.29) is 17.9 Å². The number of ketones is 1. The smallest absolute Gasteiger partial charge is 0.430 e. The highest BCUT2D eigenvalue weighted by molar-refractivity contribution is 7.12. The Labute approximate surface area is 240 Å². The molecule has 7 nitrogen and oxygen atoms in total. The Balaban J connectivity index is 0.000000493. The Morgan fingerprint density at radius 2 is 1.59 bits per heavy atom. The lowest BCUT2D eigenvalue weighted by molar-refractivity contribution is -0.938. The molecule has 0 amide bonds. The highest BCUT2D eigenvalue weighted by Crippen LogP contribution is 2.37. The van der Waals surface area contributed by atoms with Gasteiger partial charge in [0.25, 0.3) is 0 Å².